The number of fused-ring (bicyclic) bond motifs is 1. The quantitative estimate of drug-likeness (QED) is 0.700. The molecule has 7 nitrogen and oxygen atoms in total. The highest BCUT2D eigenvalue weighted by Crippen LogP contribution is 2.17. The predicted octanol–water partition coefficient (Wildman–Crippen LogP) is 1.25. The van der Waals surface area contributed by atoms with Crippen LogP contribution in [0.15, 0.2) is 39.5 Å². The molecule has 1 atom stereocenters. The van der Waals surface area contributed by atoms with Crippen LogP contribution in [0.1, 0.15) is 13.8 Å². The lowest BCUT2D eigenvalue weighted by atomic mass is 10.1. The molecule has 0 saturated carbocycles. The Labute approximate surface area is 145 Å². The molecule has 1 aromatic heterocycles. The van der Waals surface area contributed by atoms with Crippen LogP contribution in [0.3, 0.4) is 0 Å². The summed E-state index contributed by atoms with van der Waals surface area (Å²) in [5.74, 6) is -0.741. The Morgan fingerprint density at radius 3 is 2.58 bits per heavy atom. The first-order valence-corrected chi connectivity index (χ1v) is 7.24. The number of benzene rings is 1. The van der Waals surface area contributed by atoms with Gasteiger partial charge in [0.15, 0.2) is 0 Å². The Hall–Kier alpha value is -2.38. The van der Waals surface area contributed by atoms with Crippen molar-refractivity contribution in [3.05, 3.63) is 40.8 Å². The number of anilines is 1. The van der Waals surface area contributed by atoms with Crippen molar-refractivity contribution in [3.63, 3.8) is 0 Å². The van der Waals surface area contributed by atoms with Gasteiger partial charge in [-0.1, -0.05) is 13.8 Å². The van der Waals surface area contributed by atoms with Gasteiger partial charge in [0.1, 0.15) is 5.58 Å². The fraction of sp³-hybridized carbons (Fsp3) is 0.312. The van der Waals surface area contributed by atoms with E-state index in [9.17, 15) is 14.4 Å². The van der Waals surface area contributed by atoms with Gasteiger partial charge in [-0.15, -0.1) is 12.4 Å². The van der Waals surface area contributed by atoms with E-state index >= 15 is 0 Å². The van der Waals surface area contributed by atoms with E-state index < -0.39 is 11.7 Å². The number of carbonyl (C=O) groups is 2. The Morgan fingerprint density at radius 2 is 1.92 bits per heavy atom. The minimum absolute atomic E-state index is 0. The second-order valence-corrected chi connectivity index (χ2v) is 5.54. The standard InChI is InChI=1S/C16H19N3O4.ClH/c1-9(2)15(17)16(22)18-8-13(20)19-11-4-5-12-10(7-11)3-6-14(21)23-12;/h3-7,9,15H,8,17H2,1-2H3,(H,18,22)(H,19,20);1H/t15-;/m0./s1. The van der Waals surface area contributed by atoms with Crippen LogP contribution in [0.5, 0.6) is 0 Å². The van der Waals surface area contributed by atoms with Crippen molar-refractivity contribution in [3.8, 4) is 0 Å². The van der Waals surface area contributed by atoms with Crippen LogP contribution < -0.4 is 22.0 Å². The molecule has 24 heavy (non-hydrogen) atoms. The smallest absolute Gasteiger partial charge is 0.336 e. The molecule has 0 aliphatic rings. The highest BCUT2D eigenvalue weighted by atomic mass is 35.5. The van der Waals surface area contributed by atoms with E-state index in [0.29, 0.717) is 16.7 Å². The number of nitrogens with one attached hydrogen (secondary N) is 2. The normalized spacial score (nSPS) is 11.7. The van der Waals surface area contributed by atoms with E-state index in [0.717, 1.165) is 0 Å². The molecule has 2 rings (SSSR count). The Kier molecular flexibility index (Phi) is 6.94. The number of hydrogen-bond acceptors (Lipinski definition) is 5. The van der Waals surface area contributed by atoms with Gasteiger partial charge in [-0.2, -0.15) is 0 Å². The zero-order chi connectivity index (χ0) is 17.0. The Morgan fingerprint density at radius 1 is 1.21 bits per heavy atom. The summed E-state index contributed by atoms with van der Waals surface area (Å²) in [4.78, 5) is 34.7. The molecule has 0 saturated heterocycles. The molecule has 0 aliphatic carbocycles. The average molecular weight is 354 g/mol. The second-order valence-electron chi connectivity index (χ2n) is 5.54. The molecule has 8 heteroatoms. The summed E-state index contributed by atoms with van der Waals surface area (Å²) in [5, 5.41) is 5.84. The first-order valence-electron chi connectivity index (χ1n) is 7.24. The van der Waals surface area contributed by atoms with E-state index in [1.807, 2.05) is 13.8 Å². The summed E-state index contributed by atoms with van der Waals surface area (Å²) in [7, 11) is 0. The molecule has 130 valence electrons. The Bertz CT molecular complexity index is 788. The molecule has 1 aromatic carbocycles. The van der Waals surface area contributed by atoms with Crippen LogP contribution in [-0.2, 0) is 9.59 Å². The fourth-order valence-corrected chi connectivity index (χ4v) is 1.94. The van der Waals surface area contributed by atoms with Crippen LogP contribution in [0, 0.1) is 5.92 Å². The van der Waals surface area contributed by atoms with Crippen LogP contribution >= 0.6 is 12.4 Å². The predicted molar refractivity (Wildman–Crippen MR) is 94.2 cm³/mol. The van der Waals surface area contributed by atoms with Gasteiger partial charge in [0.2, 0.25) is 11.8 Å². The van der Waals surface area contributed by atoms with Gasteiger partial charge in [0.25, 0.3) is 0 Å². The zero-order valence-corrected chi connectivity index (χ0v) is 14.2. The van der Waals surface area contributed by atoms with Gasteiger partial charge >= 0.3 is 5.63 Å². The first kappa shape index (κ1) is 19.7. The third-order valence-corrected chi connectivity index (χ3v) is 3.35. The summed E-state index contributed by atoms with van der Waals surface area (Å²) >= 11 is 0. The molecular weight excluding hydrogens is 334 g/mol. The van der Waals surface area contributed by atoms with Crippen LogP contribution in [0.2, 0.25) is 0 Å². The van der Waals surface area contributed by atoms with Crippen molar-refractivity contribution in [2.75, 3.05) is 11.9 Å². The maximum absolute atomic E-state index is 11.9. The van der Waals surface area contributed by atoms with Crippen molar-refractivity contribution in [2.24, 2.45) is 11.7 Å². The molecule has 0 spiro atoms. The first-order chi connectivity index (χ1) is 10.9. The molecule has 0 fully saturated rings. The third kappa shape index (κ3) is 5.07. The van der Waals surface area contributed by atoms with Crippen molar-refractivity contribution < 1.29 is 14.0 Å². The average Bonchev–Trinajstić information content (AvgIpc) is 2.51. The molecule has 0 aliphatic heterocycles. The number of hydrogen-bond donors (Lipinski definition) is 3. The molecule has 2 amide bonds. The number of nitrogens with two attached hydrogens (primary N) is 1. The van der Waals surface area contributed by atoms with Crippen LogP contribution in [0.25, 0.3) is 11.0 Å². The number of amides is 2. The summed E-state index contributed by atoms with van der Waals surface area (Å²) in [6.07, 6.45) is 0. The van der Waals surface area contributed by atoms with E-state index in [2.05, 4.69) is 10.6 Å². The van der Waals surface area contributed by atoms with E-state index in [-0.39, 0.29) is 36.7 Å². The van der Waals surface area contributed by atoms with Gasteiger partial charge < -0.3 is 20.8 Å². The highest BCUT2D eigenvalue weighted by molar-refractivity contribution is 5.96. The van der Waals surface area contributed by atoms with Gasteiger partial charge in [-0.05, 0) is 30.2 Å². The number of rotatable bonds is 5. The van der Waals surface area contributed by atoms with Crippen LogP contribution in [-0.4, -0.2) is 24.4 Å². The van der Waals surface area contributed by atoms with Gasteiger partial charge in [-0.3, -0.25) is 9.59 Å². The topological polar surface area (TPSA) is 114 Å². The molecule has 1 heterocycles. The summed E-state index contributed by atoms with van der Waals surface area (Å²) in [6.45, 7) is 3.50. The van der Waals surface area contributed by atoms with Crippen molar-refractivity contribution in [1.29, 1.82) is 0 Å². The lowest BCUT2D eigenvalue weighted by molar-refractivity contribution is -0.125. The summed E-state index contributed by atoms with van der Waals surface area (Å²) in [6, 6.07) is 7.16. The number of carbonyl (C=O) groups excluding carboxylic acids is 2. The molecule has 2 aromatic rings. The molecule has 0 radical (unpaired) electrons. The largest absolute Gasteiger partial charge is 0.423 e. The van der Waals surface area contributed by atoms with E-state index in [4.69, 9.17) is 10.2 Å². The fourth-order valence-electron chi connectivity index (χ4n) is 1.94. The zero-order valence-electron chi connectivity index (χ0n) is 13.4. The van der Waals surface area contributed by atoms with Crippen LogP contribution in [0.4, 0.5) is 5.69 Å². The minimum Gasteiger partial charge on any atom is -0.423 e. The van der Waals surface area contributed by atoms with E-state index in [1.54, 1.807) is 24.3 Å². The maximum Gasteiger partial charge on any atom is 0.336 e. The summed E-state index contributed by atoms with van der Waals surface area (Å²) in [5.41, 5.74) is 6.24. The highest BCUT2D eigenvalue weighted by Gasteiger charge is 2.17. The van der Waals surface area contributed by atoms with E-state index in [1.165, 1.54) is 6.07 Å². The summed E-state index contributed by atoms with van der Waals surface area (Å²) < 4.78 is 5.01. The number of halogens is 1. The maximum atomic E-state index is 11.9. The third-order valence-electron chi connectivity index (χ3n) is 3.35. The second kappa shape index (κ2) is 8.47. The SMILES string of the molecule is CC(C)[C@H](N)C(=O)NCC(=O)Nc1ccc2oc(=O)ccc2c1.Cl. The van der Waals surface area contributed by atoms with Gasteiger partial charge in [0.05, 0.1) is 12.6 Å². The monoisotopic (exact) mass is 353 g/mol. The van der Waals surface area contributed by atoms with Crippen molar-refractivity contribution in [2.45, 2.75) is 19.9 Å². The molecular formula is C16H20ClN3O4. The molecule has 0 unspecified atom stereocenters. The molecule has 4 N–H and O–H groups in total. The van der Waals surface area contributed by atoms with Crippen molar-refractivity contribution >= 4 is 40.9 Å². The van der Waals surface area contributed by atoms with Gasteiger partial charge in [-0.25, -0.2) is 4.79 Å². The Balaban J connectivity index is 0.00000288. The van der Waals surface area contributed by atoms with Crippen molar-refractivity contribution in [1.82, 2.24) is 5.32 Å². The lowest BCUT2D eigenvalue weighted by Crippen LogP contribution is -2.46. The minimum atomic E-state index is -0.647. The molecule has 0 bridgehead atoms. The lowest BCUT2D eigenvalue weighted by Gasteiger charge is -2.15. The van der Waals surface area contributed by atoms with Gasteiger partial charge in [0, 0.05) is 17.1 Å².